The van der Waals surface area contributed by atoms with Gasteiger partial charge in [-0.1, -0.05) is 230 Å². The molecule has 0 saturated carbocycles. The molecule has 1 saturated heterocycles. The zero-order valence-electron chi connectivity index (χ0n) is 55.7. The molecule has 16 rings (SSSR count). The topological polar surface area (TPSA) is 244 Å². The summed E-state index contributed by atoms with van der Waals surface area (Å²) < 4.78 is 93.5. The number of nitrogens with zero attached hydrogens (tertiary/aromatic N) is 4. The van der Waals surface area contributed by atoms with Crippen molar-refractivity contribution in [1.29, 1.82) is 0 Å². The summed E-state index contributed by atoms with van der Waals surface area (Å²) in [6.45, 7) is 1.05. The number of hydrogen-bond acceptors (Lipinski definition) is 13. The number of alkyl halides is 2. The molecule has 0 amide bonds. The van der Waals surface area contributed by atoms with Gasteiger partial charge in [0.1, 0.15) is 15.5 Å². The van der Waals surface area contributed by atoms with Crippen LogP contribution in [-0.2, 0) is 63.5 Å². The summed E-state index contributed by atoms with van der Waals surface area (Å²) in [6, 6.07) is 68.8. The zero-order valence-corrected chi connectivity index (χ0v) is 65.5. The standard InChI is InChI=1S/C21H15ClN2O2S.C15H13ClN2.C13H8ClNO2S.C9H11NO2S.C8H8Br2.C8H7N.CH5NO2S.Na.H/c22-17-11-10-13(12-23-17)18-19-15-8-4-5-9-16(15)20(24-19)21(18)27(25,26)14-6-2-1-3-7-14;16-14-6-5-9(8-17-14)12-7-13-10-3-1-2-4-11(10)15(12)18-13;14-13-7-6-11(10-15-13)8-9-18(16,17)12-4-2-1-3-5-12;1-13(11,12)10-6-8-4-2-3-5-9(8)7-10;9-5-7-3-1-2-4-8(7)6-10;1-2-4-8-6-9-5-7(8)3-1;1-5(2,3)4;;/h1-12,19-20,24H;1-6,8,12-13,15,18H,7H2;1-7,10H;2-5H,6-7H2,1H3;1-4H,5-6H2;1-6,9H;1H3,(H2,2,3,4);;/q;;;;;;;+1;-1. The number of nitrogens with one attached hydrogen (secondary N) is 3. The van der Waals surface area contributed by atoms with Crippen LogP contribution in [0.25, 0.3) is 16.3 Å². The van der Waals surface area contributed by atoms with E-state index in [9.17, 15) is 33.7 Å². The molecule has 5 atom stereocenters. The summed E-state index contributed by atoms with van der Waals surface area (Å²) in [5, 5.41) is 19.5. The van der Waals surface area contributed by atoms with Crippen molar-refractivity contribution in [1.82, 2.24) is 34.9 Å². The van der Waals surface area contributed by atoms with Gasteiger partial charge in [0, 0.05) is 83.6 Å². The SMILES string of the molecule is BrCc1ccccc1CBr.CS(=O)(=O)N1Cc2ccccc2C1.CS(N)(=O)=O.Clc1ccc(C2CC3NC2c2ccccc23)cn1.O=S(=O)(C#Cc1ccc(Cl)nc1)c1ccccc1.O=S(=O)(C1=C(c2ccc(Cl)nc2)C2NC1c1ccccc12)c1ccccc1.[H-].[Na+].c1ccc2c[nH]cc2c1. The van der Waals surface area contributed by atoms with Crippen LogP contribution in [0.3, 0.4) is 0 Å². The Hall–Kier alpha value is -6.70. The molecule has 1 fully saturated rings. The molecule has 4 bridgehead atoms. The fourth-order valence-electron chi connectivity index (χ4n) is 12.0. The van der Waals surface area contributed by atoms with Gasteiger partial charge in [-0.3, -0.25) is 5.32 Å². The molecule has 11 aromatic rings. The summed E-state index contributed by atoms with van der Waals surface area (Å²) in [4.78, 5) is 16.1. The number of hydrogen-bond donors (Lipinski definition) is 4. The first kappa shape index (κ1) is 78.4. The Kier molecular flexibility index (Phi) is 27.7. The molecule has 0 spiro atoms. The molecule has 26 heteroatoms. The van der Waals surface area contributed by atoms with E-state index in [1.807, 2.05) is 97.5 Å². The van der Waals surface area contributed by atoms with Gasteiger partial charge in [-0.25, -0.2) is 53.8 Å². The van der Waals surface area contributed by atoms with Gasteiger partial charge in [-0.05, 0) is 139 Å². The molecule has 0 aliphatic carbocycles. The van der Waals surface area contributed by atoms with Gasteiger partial charge < -0.3 is 11.7 Å². The van der Waals surface area contributed by atoms with Gasteiger partial charge in [-0.2, -0.15) is 4.31 Å². The van der Waals surface area contributed by atoms with Gasteiger partial charge in [-0.15, -0.1) is 0 Å². The number of rotatable bonds is 8. The number of fused-ring (bicyclic) bond motifs is 12. The smallest absolute Gasteiger partial charge is 1.00 e. The van der Waals surface area contributed by atoms with E-state index in [0.717, 1.165) is 56.7 Å². The molecular weight excluding hydrogens is 1560 g/mol. The Bertz CT molecular complexity index is 5170. The van der Waals surface area contributed by atoms with Crippen LogP contribution in [0.5, 0.6) is 0 Å². The number of halogens is 5. The number of primary sulfonamides is 1. The molecule has 5 N–H and O–H groups in total. The number of H-pyrrole nitrogens is 1. The Morgan fingerprint density at radius 2 is 1.00 bits per heavy atom. The van der Waals surface area contributed by atoms with E-state index in [0.29, 0.717) is 61.9 Å². The summed E-state index contributed by atoms with van der Waals surface area (Å²) in [5.74, 6) is 3.07. The number of nitrogens with two attached hydrogens (primary N) is 1. The summed E-state index contributed by atoms with van der Waals surface area (Å²) in [6.07, 6.45) is 12.3. The molecule has 16 nitrogen and oxygen atoms in total. The van der Waals surface area contributed by atoms with Crippen LogP contribution in [-0.4, -0.2) is 70.4 Å². The predicted octanol–water partition coefficient (Wildman–Crippen LogP) is 13.1. The van der Waals surface area contributed by atoms with E-state index in [2.05, 4.69) is 145 Å². The number of aromatic amines is 1. The first-order valence-electron chi connectivity index (χ1n) is 31.0. The third kappa shape index (κ3) is 20.6. The van der Waals surface area contributed by atoms with Gasteiger partial charge in [0.25, 0.3) is 0 Å². The molecule has 9 heterocycles. The minimum absolute atomic E-state index is 0. The second-order valence-corrected chi connectivity index (χ2v) is 32.9. The molecule has 4 aromatic heterocycles. The van der Waals surface area contributed by atoms with E-state index in [1.165, 1.54) is 67.5 Å². The maximum Gasteiger partial charge on any atom is 1.00 e. The van der Waals surface area contributed by atoms with E-state index >= 15 is 0 Å². The number of sulfonamides is 2. The van der Waals surface area contributed by atoms with Crippen molar-refractivity contribution in [2.24, 2.45) is 5.14 Å². The van der Waals surface area contributed by atoms with Gasteiger partial charge >= 0.3 is 29.6 Å². The second kappa shape index (κ2) is 35.7. The Labute approximate surface area is 645 Å². The number of aromatic nitrogens is 4. The van der Waals surface area contributed by atoms with Crippen molar-refractivity contribution in [3.8, 4) is 11.2 Å². The largest absolute Gasteiger partial charge is 1.00 e. The van der Waals surface area contributed by atoms with Crippen molar-refractivity contribution >= 4 is 123 Å². The number of sulfone groups is 2. The van der Waals surface area contributed by atoms with Gasteiger partial charge in [0.2, 0.25) is 39.7 Å². The third-order valence-corrected chi connectivity index (χ3v) is 22.8. The van der Waals surface area contributed by atoms with E-state index in [1.54, 1.807) is 66.9 Å². The fourth-order valence-corrected chi connectivity index (χ4v) is 16.8. The Balaban J connectivity index is 0.000000158. The summed E-state index contributed by atoms with van der Waals surface area (Å²) in [7, 11) is -13.5. The Morgan fingerprint density at radius 1 is 0.535 bits per heavy atom. The fraction of sp³-hybridized carbons (Fsp3) is 0.160. The molecule has 101 heavy (non-hydrogen) atoms. The van der Waals surface area contributed by atoms with Gasteiger partial charge in [0.05, 0.1) is 39.3 Å². The maximum absolute atomic E-state index is 13.5. The van der Waals surface area contributed by atoms with Crippen molar-refractivity contribution < 1.29 is 64.7 Å². The average molecular weight is 1630 g/mol. The normalized spacial score (nSPS) is 17.2. The first-order chi connectivity index (χ1) is 47.9. The predicted molar refractivity (Wildman–Crippen MR) is 407 cm³/mol. The molecule has 5 aliphatic rings. The molecule has 5 unspecified atom stereocenters. The molecule has 0 radical (unpaired) electrons. The minimum atomic E-state index is -3.66. The van der Waals surface area contributed by atoms with Crippen LogP contribution in [0.1, 0.15) is 99.1 Å². The molecule has 7 aromatic carbocycles. The molecule has 5 aliphatic heterocycles. The van der Waals surface area contributed by atoms with E-state index in [4.69, 9.17) is 34.8 Å². The number of benzene rings is 7. The van der Waals surface area contributed by atoms with Crippen LogP contribution in [0, 0.1) is 11.2 Å². The third-order valence-electron chi connectivity index (χ3n) is 16.6. The Morgan fingerprint density at radius 3 is 1.50 bits per heavy atom. The quantitative estimate of drug-likeness (QED) is 0.0479. The van der Waals surface area contributed by atoms with Crippen LogP contribution in [0.15, 0.2) is 264 Å². The van der Waals surface area contributed by atoms with Crippen LogP contribution in [0.4, 0.5) is 0 Å². The summed E-state index contributed by atoms with van der Waals surface area (Å²) in [5.41, 5.74) is 13.3. The van der Waals surface area contributed by atoms with Crippen molar-refractivity contribution in [2.45, 2.75) is 70.0 Å². The number of pyridine rings is 3. The zero-order chi connectivity index (χ0) is 71.2. The van der Waals surface area contributed by atoms with Crippen LogP contribution < -0.4 is 45.3 Å². The minimum Gasteiger partial charge on any atom is -1.00 e. The first-order valence-corrected chi connectivity index (χ1v) is 41.2. The van der Waals surface area contributed by atoms with Crippen molar-refractivity contribution in [3.05, 3.63) is 331 Å². The van der Waals surface area contributed by atoms with Crippen molar-refractivity contribution in [3.63, 3.8) is 0 Å². The van der Waals surface area contributed by atoms with Crippen LogP contribution >= 0.6 is 66.7 Å². The average Bonchev–Trinajstić information content (AvgIpc) is 1.56. The molecule has 516 valence electrons. The second-order valence-electron chi connectivity index (χ2n) is 23.4. The summed E-state index contributed by atoms with van der Waals surface area (Å²) >= 11 is 24.3. The maximum atomic E-state index is 13.5. The van der Waals surface area contributed by atoms with Crippen molar-refractivity contribution in [2.75, 3.05) is 12.5 Å². The van der Waals surface area contributed by atoms with E-state index in [-0.39, 0.29) is 48.0 Å². The van der Waals surface area contributed by atoms with E-state index < -0.39 is 39.7 Å². The van der Waals surface area contributed by atoms with Gasteiger partial charge in [0.15, 0.2) is 0 Å². The molecular formula is C75H68Br2Cl3N8NaO8S4. The monoisotopic (exact) mass is 1620 g/mol. The van der Waals surface area contributed by atoms with Crippen LogP contribution in [0.2, 0.25) is 15.5 Å².